The zero-order valence-electron chi connectivity index (χ0n) is 25.1. The molecule has 42 heavy (non-hydrogen) atoms. The van der Waals surface area contributed by atoms with E-state index >= 15 is 0 Å². The molecule has 2 heterocycles. The molecule has 7 heteroatoms. The van der Waals surface area contributed by atoms with Crippen molar-refractivity contribution in [2.45, 2.75) is 70.1 Å². The van der Waals surface area contributed by atoms with Gasteiger partial charge in [-0.1, -0.05) is 60.7 Å². The van der Waals surface area contributed by atoms with Gasteiger partial charge in [0.15, 0.2) is 0 Å². The SMILES string of the molecule is CC(C)(C)OC(=O)N1CCC(C(=O)NC2CCN(Cc3cccc(Oc4ccccc4)c3)CC2)(c2ccccc2)CC1. The normalized spacial score (nSPS) is 17.8. The van der Waals surface area contributed by atoms with E-state index in [9.17, 15) is 9.59 Å². The van der Waals surface area contributed by atoms with E-state index in [1.807, 2.05) is 93.6 Å². The van der Waals surface area contributed by atoms with Crippen LogP contribution in [-0.4, -0.2) is 59.6 Å². The maximum absolute atomic E-state index is 14.0. The predicted molar refractivity (Wildman–Crippen MR) is 165 cm³/mol. The van der Waals surface area contributed by atoms with E-state index in [2.05, 4.69) is 22.3 Å². The molecular formula is C35H43N3O4. The van der Waals surface area contributed by atoms with Crippen LogP contribution in [0.1, 0.15) is 57.6 Å². The van der Waals surface area contributed by atoms with Crippen LogP contribution in [0.25, 0.3) is 0 Å². The molecule has 0 aromatic heterocycles. The molecule has 0 bridgehead atoms. The lowest BCUT2D eigenvalue weighted by Crippen LogP contribution is -2.56. The Labute approximate surface area is 249 Å². The van der Waals surface area contributed by atoms with Gasteiger partial charge in [-0.15, -0.1) is 0 Å². The molecule has 0 spiro atoms. The Hall–Kier alpha value is -3.84. The topological polar surface area (TPSA) is 71.1 Å². The molecule has 222 valence electrons. The Kier molecular flexibility index (Phi) is 9.17. The van der Waals surface area contributed by atoms with Gasteiger partial charge in [0.2, 0.25) is 5.91 Å². The van der Waals surface area contributed by atoms with Gasteiger partial charge in [0.05, 0.1) is 5.41 Å². The minimum absolute atomic E-state index is 0.0711. The van der Waals surface area contributed by atoms with Crippen LogP contribution in [0.4, 0.5) is 4.79 Å². The van der Waals surface area contributed by atoms with Crippen LogP contribution >= 0.6 is 0 Å². The largest absolute Gasteiger partial charge is 0.457 e. The lowest BCUT2D eigenvalue weighted by Gasteiger charge is -2.42. The third-order valence-corrected chi connectivity index (χ3v) is 8.24. The van der Waals surface area contributed by atoms with E-state index in [1.165, 1.54) is 5.56 Å². The number of carbonyl (C=O) groups is 2. The third-order valence-electron chi connectivity index (χ3n) is 8.24. The molecule has 7 nitrogen and oxygen atoms in total. The standard InChI is InChI=1S/C35H43N3O4/c1-34(2,3)42-33(40)38-23-19-35(20-24-38,28-12-6-4-7-13-28)32(39)36-29-17-21-37(22-18-29)26-27-11-10-16-31(25-27)41-30-14-8-5-9-15-30/h4-16,25,29H,17-24,26H2,1-3H3,(H,36,39). The fraction of sp³-hybridized carbons (Fsp3) is 0.429. The average Bonchev–Trinajstić information content (AvgIpc) is 2.98. The first-order valence-corrected chi connectivity index (χ1v) is 15.1. The van der Waals surface area contributed by atoms with Crippen LogP contribution in [0.15, 0.2) is 84.9 Å². The summed E-state index contributed by atoms with van der Waals surface area (Å²) in [5.74, 6) is 1.74. The molecule has 5 rings (SSSR count). The maximum Gasteiger partial charge on any atom is 0.410 e. The second kappa shape index (κ2) is 13.0. The fourth-order valence-electron chi connectivity index (χ4n) is 5.95. The number of nitrogens with one attached hydrogen (secondary N) is 1. The van der Waals surface area contributed by atoms with Crippen molar-refractivity contribution in [2.24, 2.45) is 0 Å². The number of para-hydroxylation sites is 1. The summed E-state index contributed by atoms with van der Waals surface area (Å²) in [5.41, 5.74) is 1.03. The number of benzene rings is 3. The number of carbonyl (C=O) groups excluding carboxylic acids is 2. The molecule has 1 N–H and O–H groups in total. The second-order valence-corrected chi connectivity index (χ2v) is 12.5. The minimum atomic E-state index is -0.657. The molecule has 2 fully saturated rings. The van der Waals surface area contributed by atoms with Crippen molar-refractivity contribution >= 4 is 12.0 Å². The van der Waals surface area contributed by atoms with Crippen LogP contribution in [0.3, 0.4) is 0 Å². The summed E-state index contributed by atoms with van der Waals surface area (Å²) in [6.45, 7) is 9.28. The molecular weight excluding hydrogens is 526 g/mol. The van der Waals surface area contributed by atoms with Gasteiger partial charge in [-0.25, -0.2) is 4.79 Å². The highest BCUT2D eigenvalue weighted by atomic mass is 16.6. The Bertz CT molecular complexity index is 1320. The van der Waals surface area contributed by atoms with Gasteiger partial charge >= 0.3 is 6.09 Å². The predicted octanol–water partition coefficient (Wildman–Crippen LogP) is 6.53. The smallest absolute Gasteiger partial charge is 0.410 e. The third kappa shape index (κ3) is 7.51. The molecule has 2 aliphatic heterocycles. The summed E-state index contributed by atoms with van der Waals surface area (Å²) in [7, 11) is 0. The number of piperidine rings is 2. The van der Waals surface area contributed by atoms with Crippen LogP contribution < -0.4 is 10.1 Å². The molecule has 0 saturated carbocycles. The number of rotatable bonds is 7. The maximum atomic E-state index is 14.0. The van der Waals surface area contributed by atoms with Gasteiger partial charge in [-0.2, -0.15) is 0 Å². The summed E-state index contributed by atoms with van der Waals surface area (Å²) in [6.07, 6.45) is 2.64. The summed E-state index contributed by atoms with van der Waals surface area (Å²) in [5, 5.41) is 3.41. The van der Waals surface area contributed by atoms with Crippen LogP contribution in [-0.2, 0) is 21.5 Å². The number of hydrogen-bond donors (Lipinski definition) is 1. The van der Waals surface area contributed by atoms with Crippen molar-refractivity contribution in [3.8, 4) is 11.5 Å². The lowest BCUT2D eigenvalue weighted by atomic mass is 9.71. The molecule has 2 aliphatic rings. The molecule has 3 aromatic carbocycles. The Balaban J connectivity index is 1.17. The van der Waals surface area contributed by atoms with Crippen molar-refractivity contribution in [1.29, 1.82) is 0 Å². The summed E-state index contributed by atoms with van der Waals surface area (Å²) in [6, 6.07) is 28.3. The van der Waals surface area contributed by atoms with Crippen LogP contribution in [0.5, 0.6) is 11.5 Å². The monoisotopic (exact) mass is 569 g/mol. The lowest BCUT2D eigenvalue weighted by molar-refractivity contribution is -0.129. The van der Waals surface area contributed by atoms with Crippen molar-refractivity contribution < 1.29 is 19.1 Å². The number of nitrogens with zero attached hydrogens (tertiary/aromatic N) is 2. The molecule has 2 amide bonds. The zero-order chi connectivity index (χ0) is 29.6. The first-order chi connectivity index (χ1) is 20.2. The van der Waals surface area contributed by atoms with Crippen LogP contribution in [0.2, 0.25) is 0 Å². The average molecular weight is 570 g/mol. The van der Waals surface area contributed by atoms with Gasteiger partial charge in [-0.05, 0) is 81.8 Å². The van der Waals surface area contributed by atoms with Crippen LogP contribution in [0, 0.1) is 0 Å². The first-order valence-electron chi connectivity index (χ1n) is 15.1. The molecule has 3 aromatic rings. The Morgan fingerprint density at radius 2 is 1.45 bits per heavy atom. The first kappa shape index (κ1) is 29.6. The van der Waals surface area contributed by atoms with Crippen molar-refractivity contribution in [2.75, 3.05) is 26.2 Å². The van der Waals surface area contributed by atoms with Gasteiger partial charge in [0.1, 0.15) is 17.1 Å². The van der Waals surface area contributed by atoms with E-state index < -0.39 is 11.0 Å². The number of amides is 2. The second-order valence-electron chi connectivity index (χ2n) is 12.5. The van der Waals surface area contributed by atoms with Crippen molar-refractivity contribution in [3.63, 3.8) is 0 Å². The summed E-state index contributed by atoms with van der Waals surface area (Å²) in [4.78, 5) is 30.9. The minimum Gasteiger partial charge on any atom is -0.457 e. The van der Waals surface area contributed by atoms with Gasteiger partial charge in [0, 0.05) is 38.8 Å². The summed E-state index contributed by atoms with van der Waals surface area (Å²) >= 11 is 0. The number of ether oxygens (including phenoxy) is 2. The molecule has 0 atom stereocenters. The highest BCUT2D eigenvalue weighted by molar-refractivity contribution is 5.89. The highest BCUT2D eigenvalue weighted by Crippen LogP contribution is 2.37. The molecule has 0 unspecified atom stereocenters. The molecule has 0 aliphatic carbocycles. The quantitative estimate of drug-likeness (QED) is 0.350. The molecule has 2 saturated heterocycles. The van der Waals surface area contributed by atoms with Gasteiger partial charge in [-0.3, -0.25) is 9.69 Å². The Morgan fingerprint density at radius 1 is 0.833 bits per heavy atom. The van der Waals surface area contributed by atoms with E-state index in [0.717, 1.165) is 49.5 Å². The van der Waals surface area contributed by atoms with Gasteiger partial charge < -0.3 is 19.7 Å². The van der Waals surface area contributed by atoms with E-state index in [0.29, 0.717) is 25.9 Å². The summed E-state index contributed by atoms with van der Waals surface area (Å²) < 4.78 is 11.6. The highest BCUT2D eigenvalue weighted by Gasteiger charge is 2.45. The Morgan fingerprint density at radius 3 is 2.10 bits per heavy atom. The van der Waals surface area contributed by atoms with Gasteiger partial charge in [0.25, 0.3) is 0 Å². The fourth-order valence-corrected chi connectivity index (χ4v) is 5.95. The number of hydrogen-bond acceptors (Lipinski definition) is 5. The zero-order valence-corrected chi connectivity index (χ0v) is 25.1. The van der Waals surface area contributed by atoms with E-state index in [1.54, 1.807) is 4.90 Å². The molecule has 0 radical (unpaired) electrons. The van der Waals surface area contributed by atoms with Crippen molar-refractivity contribution in [1.82, 2.24) is 15.1 Å². The van der Waals surface area contributed by atoms with E-state index in [-0.39, 0.29) is 18.0 Å². The van der Waals surface area contributed by atoms with Crippen molar-refractivity contribution in [3.05, 3.63) is 96.1 Å². The van der Waals surface area contributed by atoms with E-state index in [4.69, 9.17) is 9.47 Å². The number of likely N-dealkylation sites (tertiary alicyclic amines) is 2.